The minimum atomic E-state index is -0.419. The van der Waals surface area contributed by atoms with E-state index >= 15 is 0 Å². The molecule has 1 aliphatic carbocycles. The maximum absolute atomic E-state index is 13.7. The second-order valence-electron chi connectivity index (χ2n) is 7.29. The minimum absolute atomic E-state index is 0.0738. The van der Waals surface area contributed by atoms with Gasteiger partial charge in [0.2, 0.25) is 5.91 Å². The lowest BCUT2D eigenvalue weighted by Crippen LogP contribution is -2.48. The molecule has 0 saturated carbocycles. The molecule has 7 heteroatoms. The van der Waals surface area contributed by atoms with Crippen LogP contribution >= 0.6 is 11.6 Å². The van der Waals surface area contributed by atoms with Crippen LogP contribution in [0.25, 0.3) is 0 Å². The molecule has 1 N–H and O–H groups in total. The van der Waals surface area contributed by atoms with E-state index in [-0.39, 0.29) is 16.7 Å². The third kappa shape index (κ3) is 4.18. The summed E-state index contributed by atoms with van der Waals surface area (Å²) in [6, 6.07) is 10.5. The fraction of sp³-hybridized carbons (Fsp3) is 0.333. The monoisotopic (exact) mass is 401 g/mol. The van der Waals surface area contributed by atoms with Crippen LogP contribution in [0.2, 0.25) is 5.02 Å². The number of halogens is 2. The average molecular weight is 402 g/mol. The molecule has 5 nitrogen and oxygen atoms in total. The first kappa shape index (κ1) is 18.9. The highest BCUT2D eigenvalue weighted by Crippen LogP contribution is 2.24. The molecule has 1 fully saturated rings. The zero-order valence-corrected chi connectivity index (χ0v) is 16.1. The van der Waals surface area contributed by atoms with Gasteiger partial charge in [-0.3, -0.25) is 14.5 Å². The molecule has 1 amide bonds. The summed E-state index contributed by atoms with van der Waals surface area (Å²) < 4.78 is 13.7. The molecule has 0 aromatic heterocycles. The molecule has 1 heterocycles. The summed E-state index contributed by atoms with van der Waals surface area (Å²) in [5, 5.41) is 3.04. The Balaban J connectivity index is 1.29. The Morgan fingerprint density at radius 3 is 2.54 bits per heavy atom. The molecular formula is C21H21ClFN3O2. The standard InChI is InChI=1S/C21H21ClFN3O2/c22-19-4-3-17(12-20(19)23)26-7-5-25(6-8-26)13-21(28)24-16-2-1-14-10-18(27)11-15(14)9-16/h1-4,9,12H,5-8,10-11,13H2,(H,24,28). The molecular weight excluding hydrogens is 381 g/mol. The fourth-order valence-electron chi connectivity index (χ4n) is 3.78. The van der Waals surface area contributed by atoms with Crippen molar-refractivity contribution in [3.05, 3.63) is 58.4 Å². The first-order valence-corrected chi connectivity index (χ1v) is 9.71. The number of benzene rings is 2. The van der Waals surface area contributed by atoms with E-state index in [0.29, 0.717) is 19.4 Å². The number of carbonyl (C=O) groups is 2. The smallest absolute Gasteiger partial charge is 0.238 e. The molecule has 2 aromatic carbocycles. The number of fused-ring (bicyclic) bond motifs is 1. The number of nitrogens with one attached hydrogen (secondary N) is 1. The van der Waals surface area contributed by atoms with E-state index in [1.165, 1.54) is 6.07 Å². The molecule has 2 aromatic rings. The Bertz CT molecular complexity index is 926. The summed E-state index contributed by atoms with van der Waals surface area (Å²) in [6.07, 6.45) is 0.942. The van der Waals surface area contributed by atoms with E-state index in [2.05, 4.69) is 15.1 Å². The molecule has 146 valence electrons. The second-order valence-corrected chi connectivity index (χ2v) is 7.69. The predicted octanol–water partition coefficient (Wildman–Crippen LogP) is 2.91. The molecule has 0 unspecified atom stereocenters. The van der Waals surface area contributed by atoms with E-state index < -0.39 is 5.82 Å². The Morgan fingerprint density at radius 1 is 1.04 bits per heavy atom. The van der Waals surface area contributed by atoms with Gasteiger partial charge in [-0.2, -0.15) is 0 Å². The predicted molar refractivity (Wildman–Crippen MR) is 108 cm³/mol. The average Bonchev–Trinajstić information content (AvgIpc) is 3.04. The molecule has 2 aliphatic rings. The van der Waals surface area contributed by atoms with Gasteiger partial charge in [0, 0.05) is 50.4 Å². The third-order valence-corrected chi connectivity index (χ3v) is 5.58. The van der Waals surface area contributed by atoms with Gasteiger partial charge < -0.3 is 10.2 Å². The zero-order chi connectivity index (χ0) is 19.7. The number of piperazine rings is 1. The molecule has 28 heavy (non-hydrogen) atoms. The van der Waals surface area contributed by atoms with Crippen molar-refractivity contribution in [2.24, 2.45) is 0 Å². The largest absolute Gasteiger partial charge is 0.369 e. The van der Waals surface area contributed by atoms with Gasteiger partial charge in [-0.05, 0) is 41.5 Å². The van der Waals surface area contributed by atoms with Crippen LogP contribution in [0.1, 0.15) is 11.1 Å². The molecule has 4 rings (SSSR count). The van der Waals surface area contributed by atoms with Gasteiger partial charge in [0.05, 0.1) is 11.6 Å². The fourth-order valence-corrected chi connectivity index (χ4v) is 3.90. The number of amides is 1. The molecule has 1 saturated heterocycles. The quantitative estimate of drug-likeness (QED) is 0.855. The number of carbonyl (C=O) groups excluding carboxylic acids is 2. The van der Waals surface area contributed by atoms with E-state index in [1.54, 1.807) is 6.07 Å². The topological polar surface area (TPSA) is 52.7 Å². The SMILES string of the molecule is O=C1Cc2ccc(NC(=O)CN3CCN(c4ccc(Cl)c(F)c4)CC3)cc2C1. The van der Waals surface area contributed by atoms with Gasteiger partial charge in [0.15, 0.2) is 0 Å². The lowest BCUT2D eigenvalue weighted by atomic mass is 10.1. The molecule has 0 atom stereocenters. The Labute approximate surface area is 168 Å². The third-order valence-electron chi connectivity index (χ3n) is 5.27. The van der Waals surface area contributed by atoms with Crippen molar-refractivity contribution in [1.29, 1.82) is 0 Å². The molecule has 1 aliphatic heterocycles. The van der Waals surface area contributed by atoms with Crippen LogP contribution in [-0.4, -0.2) is 49.3 Å². The number of hydrogen-bond donors (Lipinski definition) is 1. The summed E-state index contributed by atoms with van der Waals surface area (Å²) in [5.74, 6) is -0.274. The van der Waals surface area contributed by atoms with Crippen molar-refractivity contribution < 1.29 is 14.0 Å². The highest BCUT2D eigenvalue weighted by atomic mass is 35.5. The van der Waals surface area contributed by atoms with Crippen molar-refractivity contribution in [1.82, 2.24) is 4.90 Å². The Hall–Kier alpha value is -2.44. The number of Topliss-reactive ketones (excluding diaryl/α,β-unsaturated/α-hetero) is 1. The van der Waals surface area contributed by atoms with Gasteiger partial charge in [0.1, 0.15) is 11.6 Å². The molecule has 0 spiro atoms. The van der Waals surface area contributed by atoms with Gasteiger partial charge >= 0.3 is 0 Å². The number of ketones is 1. The second kappa shape index (κ2) is 7.89. The van der Waals surface area contributed by atoms with Crippen molar-refractivity contribution in [3.8, 4) is 0 Å². The van der Waals surface area contributed by atoms with E-state index in [9.17, 15) is 14.0 Å². The van der Waals surface area contributed by atoms with Crippen LogP contribution in [0.15, 0.2) is 36.4 Å². The van der Waals surface area contributed by atoms with Crippen molar-refractivity contribution in [3.63, 3.8) is 0 Å². The van der Waals surface area contributed by atoms with Crippen LogP contribution in [-0.2, 0) is 22.4 Å². The van der Waals surface area contributed by atoms with Gasteiger partial charge in [-0.1, -0.05) is 17.7 Å². The lowest BCUT2D eigenvalue weighted by Gasteiger charge is -2.35. The number of anilines is 2. The summed E-state index contributed by atoms with van der Waals surface area (Å²) in [6.45, 7) is 3.18. The minimum Gasteiger partial charge on any atom is -0.369 e. The van der Waals surface area contributed by atoms with Gasteiger partial charge in [0.25, 0.3) is 0 Å². The first-order chi connectivity index (χ1) is 13.5. The van der Waals surface area contributed by atoms with Crippen LogP contribution in [0.3, 0.4) is 0 Å². The maximum atomic E-state index is 13.7. The normalized spacial score (nSPS) is 16.9. The number of hydrogen-bond acceptors (Lipinski definition) is 4. The summed E-state index contributed by atoms with van der Waals surface area (Å²) in [5.41, 5.74) is 3.59. The van der Waals surface area contributed by atoms with Crippen LogP contribution in [0.4, 0.5) is 15.8 Å². The first-order valence-electron chi connectivity index (χ1n) is 9.33. The Kier molecular flexibility index (Phi) is 5.33. The Morgan fingerprint density at radius 2 is 1.79 bits per heavy atom. The summed E-state index contributed by atoms with van der Waals surface area (Å²) in [4.78, 5) is 28.1. The van der Waals surface area contributed by atoms with Gasteiger partial charge in [-0.15, -0.1) is 0 Å². The number of rotatable bonds is 4. The molecule has 0 bridgehead atoms. The summed E-state index contributed by atoms with van der Waals surface area (Å²) in [7, 11) is 0. The van der Waals surface area contributed by atoms with Crippen LogP contribution in [0, 0.1) is 5.82 Å². The van der Waals surface area contributed by atoms with Crippen molar-refractivity contribution in [2.45, 2.75) is 12.8 Å². The van der Waals surface area contributed by atoms with Crippen LogP contribution < -0.4 is 10.2 Å². The van der Waals surface area contributed by atoms with E-state index in [4.69, 9.17) is 11.6 Å². The van der Waals surface area contributed by atoms with Crippen LogP contribution in [0.5, 0.6) is 0 Å². The van der Waals surface area contributed by atoms with E-state index in [0.717, 1.165) is 48.7 Å². The van der Waals surface area contributed by atoms with E-state index in [1.807, 2.05) is 24.3 Å². The highest BCUT2D eigenvalue weighted by Gasteiger charge is 2.21. The van der Waals surface area contributed by atoms with Crippen molar-refractivity contribution >= 4 is 34.7 Å². The van der Waals surface area contributed by atoms with Gasteiger partial charge in [-0.25, -0.2) is 4.39 Å². The lowest BCUT2D eigenvalue weighted by molar-refractivity contribution is -0.118. The maximum Gasteiger partial charge on any atom is 0.238 e. The number of nitrogens with zero attached hydrogens (tertiary/aromatic N) is 2. The van der Waals surface area contributed by atoms with Crippen molar-refractivity contribution in [2.75, 3.05) is 42.9 Å². The zero-order valence-electron chi connectivity index (χ0n) is 15.4. The summed E-state index contributed by atoms with van der Waals surface area (Å²) >= 11 is 5.74. The highest BCUT2D eigenvalue weighted by molar-refractivity contribution is 6.30. The molecule has 0 radical (unpaired) electrons.